The van der Waals surface area contributed by atoms with Crippen molar-refractivity contribution >= 4 is 29.2 Å². The van der Waals surface area contributed by atoms with Gasteiger partial charge in [-0.15, -0.1) is 0 Å². The minimum atomic E-state index is -0.885. The Labute approximate surface area is 156 Å². The van der Waals surface area contributed by atoms with Crippen molar-refractivity contribution in [1.82, 2.24) is 0 Å². The van der Waals surface area contributed by atoms with Gasteiger partial charge in [-0.25, -0.2) is 0 Å². The van der Waals surface area contributed by atoms with Crippen LogP contribution < -0.4 is 5.32 Å². The summed E-state index contributed by atoms with van der Waals surface area (Å²) in [6.45, 7) is 1.02. The number of nitrogens with one attached hydrogen (secondary N) is 1. The average Bonchev–Trinajstić information content (AvgIpc) is 2.63. The van der Waals surface area contributed by atoms with E-state index in [4.69, 9.17) is 21.4 Å². The zero-order chi connectivity index (χ0) is 18.6. The molecule has 0 saturated carbocycles. The molecular weight excluding hydrogens is 354 g/mol. The standard InChI is InChI=1S/C20H20ClNO4/c21-16-3-1-2-15(13-16)20(8-10-26-11-9-20)19(25)22-17-6-4-14(5-7-17)12-18(23)24/h1-7,13H,8-12H2,(H,22,25)(H,23,24). The number of benzene rings is 2. The van der Waals surface area contributed by atoms with Gasteiger partial charge in [0.2, 0.25) is 5.91 Å². The lowest BCUT2D eigenvalue weighted by Crippen LogP contribution is -2.44. The average molecular weight is 374 g/mol. The van der Waals surface area contributed by atoms with Gasteiger partial charge >= 0.3 is 5.97 Å². The molecule has 26 heavy (non-hydrogen) atoms. The van der Waals surface area contributed by atoms with Crippen molar-refractivity contribution in [2.45, 2.75) is 24.7 Å². The highest BCUT2D eigenvalue weighted by Crippen LogP contribution is 2.37. The lowest BCUT2D eigenvalue weighted by molar-refractivity contribution is -0.136. The fourth-order valence-corrected chi connectivity index (χ4v) is 3.47. The van der Waals surface area contributed by atoms with Crippen LogP contribution in [0.25, 0.3) is 0 Å². The number of carbonyl (C=O) groups excluding carboxylic acids is 1. The molecule has 0 radical (unpaired) electrons. The summed E-state index contributed by atoms with van der Waals surface area (Å²) in [5.41, 5.74) is 1.51. The molecule has 1 saturated heterocycles. The molecule has 1 aliphatic rings. The first-order valence-corrected chi connectivity index (χ1v) is 8.83. The largest absolute Gasteiger partial charge is 0.481 e. The predicted octanol–water partition coefficient (Wildman–Crippen LogP) is 3.65. The topological polar surface area (TPSA) is 75.6 Å². The van der Waals surface area contributed by atoms with Crippen molar-refractivity contribution in [2.75, 3.05) is 18.5 Å². The van der Waals surface area contributed by atoms with Crippen LogP contribution in [0.15, 0.2) is 48.5 Å². The van der Waals surface area contributed by atoms with Crippen molar-refractivity contribution in [2.24, 2.45) is 0 Å². The summed E-state index contributed by atoms with van der Waals surface area (Å²) < 4.78 is 5.46. The maximum Gasteiger partial charge on any atom is 0.307 e. The highest BCUT2D eigenvalue weighted by atomic mass is 35.5. The number of aliphatic carboxylic acids is 1. The smallest absolute Gasteiger partial charge is 0.307 e. The third kappa shape index (κ3) is 4.06. The van der Waals surface area contributed by atoms with Crippen LogP contribution in [0.3, 0.4) is 0 Å². The number of amides is 1. The summed E-state index contributed by atoms with van der Waals surface area (Å²) in [5.74, 6) is -0.988. The molecule has 0 unspecified atom stereocenters. The second-order valence-corrected chi connectivity index (χ2v) is 6.86. The Kier molecular flexibility index (Phi) is 5.59. The van der Waals surface area contributed by atoms with Gasteiger partial charge in [-0.2, -0.15) is 0 Å². The van der Waals surface area contributed by atoms with E-state index in [-0.39, 0.29) is 12.3 Å². The molecule has 0 aromatic heterocycles. The van der Waals surface area contributed by atoms with Gasteiger partial charge in [-0.3, -0.25) is 9.59 Å². The van der Waals surface area contributed by atoms with Crippen molar-refractivity contribution < 1.29 is 19.4 Å². The summed E-state index contributed by atoms with van der Waals surface area (Å²) in [7, 11) is 0. The van der Waals surface area contributed by atoms with E-state index in [9.17, 15) is 9.59 Å². The Morgan fingerprint density at radius 1 is 1.12 bits per heavy atom. The van der Waals surface area contributed by atoms with Crippen LogP contribution in [0.2, 0.25) is 5.02 Å². The van der Waals surface area contributed by atoms with E-state index in [1.54, 1.807) is 30.3 Å². The minimum absolute atomic E-state index is 0.0436. The van der Waals surface area contributed by atoms with Gasteiger partial charge in [-0.1, -0.05) is 35.9 Å². The molecule has 136 valence electrons. The number of ether oxygens (including phenoxy) is 1. The molecule has 0 atom stereocenters. The molecule has 2 aromatic rings. The van der Waals surface area contributed by atoms with Crippen molar-refractivity contribution in [3.05, 3.63) is 64.7 Å². The Hall–Kier alpha value is -2.37. The van der Waals surface area contributed by atoms with Gasteiger partial charge in [0.05, 0.1) is 11.8 Å². The fourth-order valence-electron chi connectivity index (χ4n) is 3.28. The van der Waals surface area contributed by atoms with E-state index in [1.165, 1.54) is 0 Å². The molecule has 0 aliphatic carbocycles. The highest BCUT2D eigenvalue weighted by molar-refractivity contribution is 6.30. The van der Waals surface area contributed by atoms with Crippen LogP contribution in [-0.2, 0) is 26.2 Å². The number of hydrogen-bond donors (Lipinski definition) is 2. The highest BCUT2D eigenvalue weighted by Gasteiger charge is 2.41. The van der Waals surface area contributed by atoms with Gasteiger partial charge in [0.25, 0.3) is 0 Å². The summed E-state index contributed by atoms with van der Waals surface area (Å²) in [4.78, 5) is 23.9. The fraction of sp³-hybridized carbons (Fsp3) is 0.300. The van der Waals surface area contributed by atoms with Crippen molar-refractivity contribution in [3.8, 4) is 0 Å². The van der Waals surface area contributed by atoms with Gasteiger partial charge in [0, 0.05) is 23.9 Å². The first-order chi connectivity index (χ1) is 12.5. The Balaban J connectivity index is 1.83. The number of carbonyl (C=O) groups is 2. The number of carboxylic acids is 1. The lowest BCUT2D eigenvalue weighted by atomic mass is 9.73. The van der Waals surface area contributed by atoms with Crippen LogP contribution >= 0.6 is 11.6 Å². The van der Waals surface area contributed by atoms with Crippen LogP contribution in [0.1, 0.15) is 24.0 Å². The molecule has 6 heteroatoms. The van der Waals surface area contributed by atoms with Crippen LogP contribution in [0, 0.1) is 0 Å². The molecule has 2 aromatic carbocycles. The van der Waals surface area contributed by atoms with E-state index in [0.29, 0.717) is 42.3 Å². The number of carboxylic acid groups (broad SMARTS) is 1. The Morgan fingerprint density at radius 3 is 2.42 bits per heavy atom. The first-order valence-electron chi connectivity index (χ1n) is 8.46. The SMILES string of the molecule is O=C(O)Cc1ccc(NC(=O)C2(c3cccc(Cl)c3)CCOCC2)cc1. The van der Waals surface area contributed by atoms with Crippen LogP contribution in [0.5, 0.6) is 0 Å². The van der Waals surface area contributed by atoms with Gasteiger partial charge in [0.1, 0.15) is 0 Å². The van der Waals surface area contributed by atoms with Gasteiger partial charge < -0.3 is 15.2 Å². The molecule has 2 N–H and O–H groups in total. The predicted molar refractivity (Wildman–Crippen MR) is 99.6 cm³/mol. The minimum Gasteiger partial charge on any atom is -0.481 e. The van der Waals surface area contributed by atoms with Crippen LogP contribution in [-0.4, -0.2) is 30.2 Å². The van der Waals surface area contributed by atoms with Crippen molar-refractivity contribution in [1.29, 1.82) is 0 Å². The van der Waals surface area contributed by atoms with E-state index < -0.39 is 11.4 Å². The molecule has 0 bridgehead atoms. The third-order valence-corrected chi connectivity index (χ3v) is 4.96. The number of rotatable bonds is 5. The number of hydrogen-bond acceptors (Lipinski definition) is 3. The third-order valence-electron chi connectivity index (χ3n) is 4.73. The summed E-state index contributed by atoms with van der Waals surface area (Å²) in [6, 6.07) is 14.3. The maximum atomic E-state index is 13.2. The van der Waals surface area contributed by atoms with E-state index in [1.807, 2.05) is 18.2 Å². The maximum absolute atomic E-state index is 13.2. The monoisotopic (exact) mass is 373 g/mol. The molecule has 1 fully saturated rings. The molecule has 1 amide bonds. The summed E-state index contributed by atoms with van der Waals surface area (Å²) in [5, 5.41) is 12.4. The Bertz CT molecular complexity index is 798. The molecule has 3 rings (SSSR count). The van der Waals surface area contributed by atoms with Gasteiger partial charge in [-0.05, 0) is 48.2 Å². The van der Waals surface area contributed by atoms with Gasteiger partial charge in [0.15, 0.2) is 0 Å². The molecule has 5 nitrogen and oxygen atoms in total. The van der Waals surface area contributed by atoms with Crippen molar-refractivity contribution in [3.63, 3.8) is 0 Å². The zero-order valence-corrected chi connectivity index (χ0v) is 15.0. The first kappa shape index (κ1) is 18.4. The molecule has 1 heterocycles. The van der Waals surface area contributed by atoms with E-state index in [0.717, 1.165) is 5.56 Å². The molecule has 1 aliphatic heterocycles. The quantitative estimate of drug-likeness (QED) is 0.838. The lowest BCUT2D eigenvalue weighted by Gasteiger charge is -2.36. The zero-order valence-electron chi connectivity index (χ0n) is 14.2. The molecule has 0 spiro atoms. The van der Waals surface area contributed by atoms with E-state index >= 15 is 0 Å². The second-order valence-electron chi connectivity index (χ2n) is 6.43. The Morgan fingerprint density at radius 2 is 1.81 bits per heavy atom. The number of anilines is 1. The summed E-state index contributed by atoms with van der Waals surface area (Å²) >= 11 is 6.14. The number of halogens is 1. The summed E-state index contributed by atoms with van der Waals surface area (Å²) in [6.07, 6.45) is 1.12. The van der Waals surface area contributed by atoms with Crippen LogP contribution in [0.4, 0.5) is 5.69 Å². The second kappa shape index (κ2) is 7.89. The normalized spacial score (nSPS) is 16.0. The van der Waals surface area contributed by atoms with E-state index in [2.05, 4.69) is 5.32 Å². The molecular formula is C20H20ClNO4.